The molecule has 0 saturated carbocycles. The van der Waals surface area contributed by atoms with Gasteiger partial charge < -0.3 is 5.11 Å². The summed E-state index contributed by atoms with van der Waals surface area (Å²) in [5, 5.41) is 19.4. The number of rotatable bonds is 4. The largest absolute Gasteiger partial charge is 0.374 e. The Morgan fingerprint density at radius 2 is 1.29 bits per heavy atom. The standard InChI is InChI=1S/C22H15ClF2N2O/c23-17-7-1-14(2-8-17)20-13-21(27-26-20)22(28,15-3-9-18(24)10-4-15)16-5-11-19(25)12-6-16/h1-13,28H,(H,26,27). The van der Waals surface area contributed by atoms with E-state index in [1.54, 1.807) is 18.2 Å². The molecule has 0 unspecified atom stereocenters. The Morgan fingerprint density at radius 1 is 0.786 bits per heavy atom. The minimum absolute atomic E-state index is 0.371. The highest BCUT2D eigenvalue weighted by molar-refractivity contribution is 6.30. The van der Waals surface area contributed by atoms with Gasteiger partial charge in [-0.3, -0.25) is 5.10 Å². The molecule has 0 aliphatic carbocycles. The number of aromatic amines is 1. The molecule has 0 saturated heterocycles. The molecular weight excluding hydrogens is 382 g/mol. The molecule has 0 aliphatic heterocycles. The van der Waals surface area contributed by atoms with E-state index in [9.17, 15) is 13.9 Å². The molecule has 0 radical (unpaired) electrons. The van der Waals surface area contributed by atoms with Crippen LogP contribution in [0.25, 0.3) is 11.3 Å². The lowest BCUT2D eigenvalue weighted by molar-refractivity contribution is 0.120. The van der Waals surface area contributed by atoms with Crippen LogP contribution in [0.15, 0.2) is 78.9 Å². The van der Waals surface area contributed by atoms with Crippen LogP contribution in [0.4, 0.5) is 8.78 Å². The topological polar surface area (TPSA) is 48.9 Å². The lowest BCUT2D eigenvalue weighted by atomic mass is 9.83. The second-order valence-electron chi connectivity index (χ2n) is 6.40. The van der Waals surface area contributed by atoms with Crippen molar-refractivity contribution in [1.82, 2.24) is 10.2 Å². The van der Waals surface area contributed by atoms with Gasteiger partial charge in [-0.05, 0) is 53.6 Å². The summed E-state index contributed by atoms with van der Waals surface area (Å²) in [6.07, 6.45) is 0. The second kappa shape index (κ2) is 7.19. The van der Waals surface area contributed by atoms with Crippen molar-refractivity contribution in [3.05, 3.63) is 112 Å². The molecule has 1 heterocycles. The third-order valence-electron chi connectivity index (χ3n) is 4.63. The number of benzene rings is 3. The van der Waals surface area contributed by atoms with Gasteiger partial charge in [0, 0.05) is 10.6 Å². The van der Waals surface area contributed by atoms with Crippen molar-refractivity contribution in [3.8, 4) is 11.3 Å². The molecule has 3 aromatic carbocycles. The molecule has 0 aliphatic rings. The number of nitrogens with one attached hydrogen (secondary N) is 1. The van der Waals surface area contributed by atoms with Crippen LogP contribution < -0.4 is 0 Å². The van der Waals surface area contributed by atoms with Gasteiger partial charge in [0.1, 0.15) is 11.6 Å². The van der Waals surface area contributed by atoms with E-state index >= 15 is 0 Å². The first kappa shape index (κ1) is 18.3. The molecule has 0 amide bonds. The van der Waals surface area contributed by atoms with E-state index in [1.165, 1.54) is 48.5 Å². The quantitative estimate of drug-likeness (QED) is 0.492. The summed E-state index contributed by atoms with van der Waals surface area (Å²) >= 11 is 5.93. The van der Waals surface area contributed by atoms with Crippen LogP contribution in [-0.2, 0) is 5.60 Å². The van der Waals surface area contributed by atoms with Crippen molar-refractivity contribution >= 4 is 11.6 Å². The summed E-state index contributed by atoms with van der Waals surface area (Å²) in [5.74, 6) is -0.839. The fourth-order valence-corrected chi connectivity index (χ4v) is 3.26. The number of nitrogens with zero attached hydrogens (tertiary/aromatic N) is 1. The van der Waals surface area contributed by atoms with Crippen LogP contribution in [0, 0.1) is 11.6 Å². The van der Waals surface area contributed by atoms with Crippen molar-refractivity contribution in [3.63, 3.8) is 0 Å². The van der Waals surface area contributed by atoms with Gasteiger partial charge in [0.15, 0.2) is 5.60 Å². The maximum absolute atomic E-state index is 13.4. The van der Waals surface area contributed by atoms with Gasteiger partial charge in [0.2, 0.25) is 0 Å². The molecule has 0 atom stereocenters. The van der Waals surface area contributed by atoms with E-state index in [1.807, 2.05) is 12.1 Å². The smallest absolute Gasteiger partial charge is 0.156 e. The SMILES string of the molecule is OC(c1ccc(F)cc1)(c1ccc(F)cc1)c1cc(-c2ccc(Cl)cc2)n[nH]1. The van der Waals surface area contributed by atoms with Gasteiger partial charge in [-0.15, -0.1) is 0 Å². The van der Waals surface area contributed by atoms with Gasteiger partial charge in [0.25, 0.3) is 0 Å². The van der Waals surface area contributed by atoms with Crippen molar-refractivity contribution in [2.75, 3.05) is 0 Å². The van der Waals surface area contributed by atoms with Gasteiger partial charge in [-0.25, -0.2) is 8.78 Å². The molecule has 3 nitrogen and oxygen atoms in total. The van der Waals surface area contributed by atoms with Crippen molar-refractivity contribution in [1.29, 1.82) is 0 Å². The normalized spacial score (nSPS) is 11.6. The van der Waals surface area contributed by atoms with Crippen LogP contribution in [0.3, 0.4) is 0 Å². The molecule has 2 N–H and O–H groups in total. The zero-order valence-electron chi connectivity index (χ0n) is 14.5. The molecule has 4 aromatic rings. The van der Waals surface area contributed by atoms with Crippen LogP contribution in [0.2, 0.25) is 5.02 Å². The number of halogens is 3. The first-order chi connectivity index (χ1) is 13.5. The summed E-state index contributed by atoms with van der Waals surface area (Å²) in [5.41, 5.74) is 0.968. The number of aliphatic hydroxyl groups is 1. The van der Waals surface area contributed by atoms with E-state index in [-0.39, 0.29) is 0 Å². The van der Waals surface area contributed by atoms with Crippen LogP contribution in [-0.4, -0.2) is 15.3 Å². The predicted molar refractivity (Wildman–Crippen MR) is 104 cm³/mol. The average molecular weight is 397 g/mol. The second-order valence-corrected chi connectivity index (χ2v) is 6.83. The average Bonchev–Trinajstić information content (AvgIpc) is 3.20. The van der Waals surface area contributed by atoms with Gasteiger partial charge in [0.05, 0.1) is 11.4 Å². The number of aromatic nitrogens is 2. The molecule has 28 heavy (non-hydrogen) atoms. The fourth-order valence-electron chi connectivity index (χ4n) is 3.14. The zero-order chi connectivity index (χ0) is 19.7. The van der Waals surface area contributed by atoms with E-state index in [0.717, 1.165) is 5.56 Å². The van der Waals surface area contributed by atoms with E-state index in [4.69, 9.17) is 11.6 Å². The maximum Gasteiger partial charge on any atom is 0.156 e. The lowest BCUT2D eigenvalue weighted by Crippen LogP contribution is -2.29. The fraction of sp³-hybridized carbons (Fsp3) is 0.0455. The highest BCUT2D eigenvalue weighted by atomic mass is 35.5. The van der Waals surface area contributed by atoms with E-state index < -0.39 is 17.2 Å². The van der Waals surface area contributed by atoms with Gasteiger partial charge in [-0.2, -0.15) is 5.10 Å². The van der Waals surface area contributed by atoms with Crippen molar-refractivity contribution in [2.45, 2.75) is 5.60 Å². The number of H-pyrrole nitrogens is 1. The number of hydrogen-bond donors (Lipinski definition) is 2. The number of hydrogen-bond acceptors (Lipinski definition) is 2. The molecule has 140 valence electrons. The Morgan fingerprint density at radius 3 is 1.79 bits per heavy atom. The zero-order valence-corrected chi connectivity index (χ0v) is 15.3. The third-order valence-corrected chi connectivity index (χ3v) is 4.88. The molecule has 1 aromatic heterocycles. The Labute approximate surface area is 165 Å². The van der Waals surface area contributed by atoms with Gasteiger partial charge in [-0.1, -0.05) is 48.0 Å². The Bertz CT molecular complexity index is 1050. The Balaban J connectivity index is 1.85. The molecular formula is C22H15ClF2N2O. The van der Waals surface area contributed by atoms with E-state index in [2.05, 4.69) is 10.2 Å². The minimum atomic E-state index is -1.67. The van der Waals surface area contributed by atoms with Crippen LogP contribution in [0.5, 0.6) is 0 Å². The summed E-state index contributed by atoms with van der Waals surface area (Å²) < 4.78 is 26.9. The Hall–Kier alpha value is -3.02. The predicted octanol–water partition coefficient (Wildman–Crippen LogP) is 5.29. The summed E-state index contributed by atoms with van der Waals surface area (Å²) in [6, 6.07) is 19.8. The summed E-state index contributed by atoms with van der Waals surface area (Å²) in [7, 11) is 0. The maximum atomic E-state index is 13.4. The van der Waals surface area contributed by atoms with E-state index in [0.29, 0.717) is 27.5 Å². The summed E-state index contributed by atoms with van der Waals surface area (Å²) in [6.45, 7) is 0. The first-order valence-electron chi connectivity index (χ1n) is 8.53. The Kier molecular flexibility index (Phi) is 4.71. The van der Waals surface area contributed by atoms with Crippen molar-refractivity contribution in [2.24, 2.45) is 0 Å². The first-order valence-corrected chi connectivity index (χ1v) is 8.91. The molecule has 0 fully saturated rings. The molecule has 0 bridgehead atoms. The van der Waals surface area contributed by atoms with Crippen LogP contribution >= 0.6 is 11.6 Å². The van der Waals surface area contributed by atoms with Gasteiger partial charge >= 0.3 is 0 Å². The molecule has 0 spiro atoms. The molecule has 4 rings (SSSR count). The molecule has 6 heteroatoms. The highest BCUT2D eigenvalue weighted by Crippen LogP contribution is 2.37. The highest BCUT2D eigenvalue weighted by Gasteiger charge is 2.36. The van der Waals surface area contributed by atoms with Crippen molar-refractivity contribution < 1.29 is 13.9 Å². The third kappa shape index (κ3) is 3.30. The lowest BCUT2D eigenvalue weighted by Gasteiger charge is -2.28. The summed E-state index contributed by atoms with van der Waals surface area (Å²) in [4.78, 5) is 0. The van der Waals surface area contributed by atoms with Crippen LogP contribution in [0.1, 0.15) is 16.8 Å². The minimum Gasteiger partial charge on any atom is -0.374 e. The monoisotopic (exact) mass is 396 g/mol.